The van der Waals surface area contributed by atoms with Crippen LogP contribution in [-0.4, -0.2) is 24.8 Å². The first kappa shape index (κ1) is 23.6. The van der Waals surface area contributed by atoms with Crippen molar-refractivity contribution in [2.45, 2.75) is 92.9 Å². The molecule has 4 saturated carbocycles. The number of nitrogens with zero attached hydrogens (tertiary/aromatic N) is 2. The number of rotatable bonds is 3. The summed E-state index contributed by atoms with van der Waals surface area (Å²) < 4.78 is 5.68. The van der Waals surface area contributed by atoms with Crippen LogP contribution in [0.3, 0.4) is 0 Å². The van der Waals surface area contributed by atoms with E-state index in [2.05, 4.69) is 57.8 Å². The van der Waals surface area contributed by atoms with E-state index >= 15 is 0 Å². The highest BCUT2D eigenvalue weighted by molar-refractivity contribution is 5.98. The van der Waals surface area contributed by atoms with Crippen LogP contribution in [0.5, 0.6) is 0 Å². The van der Waals surface area contributed by atoms with E-state index in [0.29, 0.717) is 29.8 Å². The Balaban J connectivity index is 1.38. The highest BCUT2D eigenvalue weighted by Gasteiger charge is 2.71. The van der Waals surface area contributed by atoms with Crippen LogP contribution in [0.25, 0.3) is 0 Å². The largest absolute Gasteiger partial charge is 0.466 e. The molecule has 0 N–H and O–H groups in total. The molecule has 0 unspecified atom stereocenters. The molecule has 35 heavy (non-hydrogen) atoms. The van der Waals surface area contributed by atoms with Crippen molar-refractivity contribution in [3.05, 3.63) is 29.3 Å². The van der Waals surface area contributed by atoms with E-state index in [1.54, 1.807) is 0 Å². The third-order valence-electron chi connectivity index (χ3n) is 11.7. The molecule has 0 saturated heterocycles. The molecule has 4 aliphatic carbocycles. The minimum absolute atomic E-state index is 0.0585. The van der Waals surface area contributed by atoms with Gasteiger partial charge in [-0.15, -0.1) is 0 Å². The smallest absolute Gasteiger partial charge is 0.312 e. The number of fused-ring (bicyclic) bond motifs is 5. The molecule has 1 aliphatic heterocycles. The van der Waals surface area contributed by atoms with Crippen LogP contribution in [0.2, 0.25) is 0 Å². The van der Waals surface area contributed by atoms with Crippen LogP contribution in [0.4, 0.5) is 5.69 Å². The molecule has 1 aromatic carbocycles. The summed E-state index contributed by atoms with van der Waals surface area (Å²) in [4.78, 5) is 13.3. The molecule has 1 heterocycles. The molecule has 0 radical (unpaired) electrons. The van der Waals surface area contributed by atoms with Gasteiger partial charge < -0.3 is 4.74 Å². The van der Waals surface area contributed by atoms with Crippen LogP contribution < -0.4 is 5.01 Å². The number of esters is 1. The van der Waals surface area contributed by atoms with Gasteiger partial charge in [0.05, 0.1) is 24.3 Å². The second-order valence-electron chi connectivity index (χ2n) is 13.6. The van der Waals surface area contributed by atoms with Gasteiger partial charge in [-0.25, -0.2) is 0 Å². The van der Waals surface area contributed by atoms with Gasteiger partial charge in [0.25, 0.3) is 0 Å². The number of ether oxygens (including phenoxy) is 1. The molecule has 0 amide bonds. The second-order valence-corrected chi connectivity index (χ2v) is 13.6. The van der Waals surface area contributed by atoms with E-state index in [1.165, 1.54) is 54.6 Å². The van der Waals surface area contributed by atoms with Gasteiger partial charge in [0.15, 0.2) is 0 Å². The minimum Gasteiger partial charge on any atom is -0.466 e. The first-order valence-corrected chi connectivity index (χ1v) is 14.2. The molecule has 0 aromatic heterocycles. The molecule has 4 nitrogen and oxygen atoms in total. The Morgan fingerprint density at radius 3 is 2.63 bits per heavy atom. The maximum absolute atomic E-state index is 13.3. The number of aryl methyl sites for hydroxylation is 2. The van der Waals surface area contributed by atoms with Crippen molar-refractivity contribution in [2.75, 3.05) is 18.2 Å². The van der Waals surface area contributed by atoms with E-state index in [4.69, 9.17) is 9.84 Å². The van der Waals surface area contributed by atoms with Crippen LogP contribution in [0.15, 0.2) is 23.3 Å². The fraction of sp³-hybridized carbons (Fsp3) is 0.742. The van der Waals surface area contributed by atoms with Crippen molar-refractivity contribution in [1.82, 2.24) is 0 Å². The van der Waals surface area contributed by atoms with E-state index in [0.717, 1.165) is 25.8 Å². The number of carbonyl (C=O) groups is 1. The zero-order chi connectivity index (χ0) is 24.8. The zero-order valence-electron chi connectivity index (χ0n) is 22.7. The summed E-state index contributed by atoms with van der Waals surface area (Å²) in [6.07, 6.45) is 9.63. The van der Waals surface area contributed by atoms with Gasteiger partial charge in [0, 0.05) is 17.0 Å². The van der Waals surface area contributed by atoms with Gasteiger partial charge in [-0.1, -0.05) is 32.4 Å². The van der Waals surface area contributed by atoms with Crippen molar-refractivity contribution in [3.8, 4) is 0 Å². The third-order valence-corrected chi connectivity index (χ3v) is 11.7. The molecule has 1 spiro atoms. The standard InChI is InChI=1S/C31H44N2O2/c1-7-35-27(34)30(6)14-8-13-29(5)24(30)12-16-31-19-28(4,15-11-25(29)31)26-22(31)18-33(32-26)23-17-20(2)9-10-21(23)3/h9-10,17,22,24-25H,7-8,11-16,18-19H2,1-6H3/t22-,24+,25+,28+,29-,30-,31-/m1/s1. The fourth-order valence-corrected chi connectivity index (χ4v) is 10.3. The lowest BCUT2D eigenvalue weighted by Crippen LogP contribution is -2.60. The molecule has 1 aromatic rings. The maximum Gasteiger partial charge on any atom is 0.312 e. The number of hydrogen-bond donors (Lipinski definition) is 0. The second kappa shape index (κ2) is 7.59. The van der Waals surface area contributed by atoms with Crippen molar-refractivity contribution >= 4 is 17.4 Å². The van der Waals surface area contributed by atoms with Crippen LogP contribution in [0.1, 0.15) is 90.2 Å². The molecule has 4 fully saturated rings. The Hall–Kier alpha value is -1.84. The summed E-state index contributed by atoms with van der Waals surface area (Å²) in [5, 5.41) is 7.76. The van der Waals surface area contributed by atoms with Gasteiger partial charge in [0.2, 0.25) is 0 Å². The molecule has 190 valence electrons. The lowest BCUT2D eigenvalue weighted by atomic mass is 9.39. The fourth-order valence-electron chi connectivity index (χ4n) is 10.3. The average Bonchev–Trinajstić information content (AvgIpc) is 3.33. The lowest BCUT2D eigenvalue weighted by molar-refractivity contribution is -0.191. The predicted molar refractivity (Wildman–Crippen MR) is 141 cm³/mol. The first-order chi connectivity index (χ1) is 16.6. The maximum atomic E-state index is 13.3. The number of benzene rings is 1. The SMILES string of the molecule is CCOC(=O)[C@]1(C)CCC[C@@]2(C)[C@@H]3CC[C@@]4(C)C[C@]3(CC[C@@H]21)[C@@H]1CN(c2cc(C)ccc2C)N=C14. The Bertz CT molecular complexity index is 1100. The predicted octanol–water partition coefficient (Wildman–Crippen LogP) is 7.07. The summed E-state index contributed by atoms with van der Waals surface area (Å²) in [5.74, 6) is 1.71. The van der Waals surface area contributed by atoms with E-state index in [9.17, 15) is 4.79 Å². The van der Waals surface area contributed by atoms with Gasteiger partial charge in [0.1, 0.15) is 0 Å². The minimum atomic E-state index is -0.332. The van der Waals surface area contributed by atoms with Crippen molar-refractivity contribution in [1.29, 1.82) is 0 Å². The summed E-state index contributed by atoms with van der Waals surface area (Å²) in [6, 6.07) is 6.77. The topological polar surface area (TPSA) is 41.9 Å². The molecular formula is C31H44N2O2. The first-order valence-electron chi connectivity index (χ1n) is 14.2. The molecule has 7 atom stereocenters. The molecule has 4 heteroatoms. The highest BCUT2D eigenvalue weighted by atomic mass is 16.5. The summed E-state index contributed by atoms with van der Waals surface area (Å²) in [6.45, 7) is 15.2. The number of anilines is 1. The summed E-state index contributed by atoms with van der Waals surface area (Å²) in [5.41, 5.74) is 5.84. The van der Waals surface area contributed by atoms with E-state index < -0.39 is 0 Å². The van der Waals surface area contributed by atoms with E-state index in [-0.39, 0.29) is 22.2 Å². The summed E-state index contributed by atoms with van der Waals surface area (Å²) >= 11 is 0. The number of carbonyl (C=O) groups excluding carboxylic acids is 1. The van der Waals surface area contributed by atoms with Crippen molar-refractivity contribution in [2.24, 2.45) is 44.5 Å². The van der Waals surface area contributed by atoms with Crippen LogP contribution >= 0.6 is 0 Å². The third kappa shape index (κ3) is 3.04. The molecule has 2 bridgehead atoms. The normalized spacial score (nSPS) is 43.8. The van der Waals surface area contributed by atoms with Crippen LogP contribution in [0, 0.1) is 53.3 Å². The van der Waals surface area contributed by atoms with Crippen molar-refractivity contribution < 1.29 is 9.53 Å². The van der Waals surface area contributed by atoms with Crippen molar-refractivity contribution in [3.63, 3.8) is 0 Å². The average molecular weight is 477 g/mol. The summed E-state index contributed by atoms with van der Waals surface area (Å²) in [7, 11) is 0. The lowest BCUT2D eigenvalue weighted by Gasteiger charge is -2.64. The zero-order valence-corrected chi connectivity index (χ0v) is 22.7. The quantitative estimate of drug-likeness (QED) is 0.438. The Morgan fingerprint density at radius 1 is 1.09 bits per heavy atom. The highest BCUT2D eigenvalue weighted by Crippen LogP contribution is 2.75. The number of hydrogen-bond acceptors (Lipinski definition) is 4. The molecule has 5 aliphatic rings. The molecule has 6 rings (SSSR count). The van der Waals surface area contributed by atoms with Gasteiger partial charge in [-0.3, -0.25) is 9.80 Å². The van der Waals surface area contributed by atoms with Gasteiger partial charge >= 0.3 is 5.97 Å². The van der Waals surface area contributed by atoms with Gasteiger partial charge in [-0.2, -0.15) is 5.10 Å². The Morgan fingerprint density at radius 2 is 1.86 bits per heavy atom. The Kier molecular flexibility index (Phi) is 5.10. The van der Waals surface area contributed by atoms with E-state index in [1.807, 2.05) is 6.92 Å². The number of hydrazone groups is 1. The van der Waals surface area contributed by atoms with Crippen LogP contribution in [-0.2, 0) is 9.53 Å². The Labute approximate surface area is 211 Å². The molecular weight excluding hydrogens is 432 g/mol. The monoisotopic (exact) mass is 476 g/mol. The van der Waals surface area contributed by atoms with Gasteiger partial charge in [-0.05, 0) is 112 Å².